The third kappa shape index (κ3) is 2.10. The van der Waals surface area contributed by atoms with Gasteiger partial charge in [-0.25, -0.2) is 0 Å². The molecule has 4 bridgehead atoms. The Morgan fingerprint density at radius 1 is 1.21 bits per heavy atom. The van der Waals surface area contributed by atoms with Crippen molar-refractivity contribution in [2.75, 3.05) is 13.1 Å². The number of hydrogen-bond acceptors (Lipinski definition) is 2. The van der Waals surface area contributed by atoms with E-state index in [0.717, 1.165) is 24.3 Å². The molecule has 0 aliphatic heterocycles. The van der Waals surface area contributed by atoms with Crippen molar-refractivity contribution in [3.05, 3.63) is 0 Å². The number of carbonyl (C=O) groups excluding carboxylic acids is 1. The van der Waals surface area contributed by atoms with Gasteiger partial charge < -0.3 is 10.6 Å². The molecule has 4 fully saturated rings. The van der Waals surface area contributed by atoms with Gasteiger partial charge in [-0.05, 0) is 75.5 Å². The zero-order chi connectivity index (χ0) is 13.6. The van der Waals surface area contributed by atoms with Crippen molar-refractivity contribution in [2.45, 2.75) is 58.4 Å². The molecule has 0 saturated heterocycles. The number of nitrogens with zero attached hydrogens (tertiary/aromatic N) is 1. The van der Waals surface area contributed by atoms with Crippen molar-refractivity contribution in [1.29, 1.82) is 0 Å². The standard InChI is InChI=1S/C16H28N2O/c1-3-18(15(19)10-17)11(2)16-7-12-4-13(8-16)6-14(5-12)9-16/h11-14H,3-10,17H2,1-2H3. The van der Waals surface area contributed by atoms with Crippen LogP contribution in [0.15, 0.2) is 0 Å². The second kappa shape index (κ2) is 4.76. The number of hydrogen-bond donors (Lipinski definition) is 1. The van der Waals surface area contributed by atoms with E-state index >= 15 is 0 Å². The van der Waals surface area contributed by atoms with Crippen LogP contribution in [-0.2, 0) is 4.79 Å². The first-order valence-corrected chi connectivity index (χ1v) is 8.07. The van der Waals surface area contributed by atoms with Crippen molar-refractivity contribution in [2.24, 2.45) is 28.9 Å². The van der Waals surface area contributed by atoms with Gasteiger partial charge in [0.15, 0.2) is 0 Å². The molecular formula is C16H28N2O. The Morgan fingerprint density at radius 3 is 2.05 bits per heavy atom. The second-order valence-electron chi connectivity index (χ2n) is 7.34. The molecule has 1 amide bonds. The summed E-state index contributed by atoms with van der Waals surface area (Å²) in [6, 6.07) is 0.377. The largest absolute Gasteiger partial charge is 0.339 e. The Kier molecular flexibility index (Phi) is 3.36. The summed E-state index contributed by atoms with van der Waals surface area (Å²) in [5.74, 6) is 2.96. The molecule has 19 heavy (non-hydrogen) atoms. The van der Waals surface area contributed by atoms with E-state index in [1.54, 1.807) is 0 Å². The van der Waals surface area contributed by atoms with Crippen molar-refractivity contribution in [3.63, 3.8) is 0 Å². The monoisotopic (exact) mass is 264 g/mol. The maximum atomic E-state index is 12.1. The molecule has 0 heterocycles. The van der Waals surface area contributed by atoms with E-state index in [1.807, 2.05) is 4.90 Å². The molecule has 3 heteroatoms. The van der Waals surface area contributed by atoms with Gasteiger partial charge in [-0.1, -0.05) is 0 Å². The van der Waals surface area contributed by atoms with Crippen molar-refractivity contribution < 1.29 is 4.79 Å². The summed E-state index contributed by atoms with van der Waals surface area (Å²) in [5, 5.41) is 0. The van der Waals surface area contributed by atoms with Crippen LogP contribution >= 0.6 is 0 Å². The Bertz CT molecular complexity index is 330. The number of carbonyl (C=O) groups is 1. The molecule has 0 spiro atoms. The van der Waals surface area contributed by atoms with Gasteiger partial charge in [-0.15, -0.1) is 0 Å². The summed E-state index contributed by atoms with van der Waals surface area (Å²) in [5.41, 5.74) is 6.00. The lowest BCUT2D eigenvalue weighted by atomic mass is 9.47. The van der Waals surface area contributed by atoms with E-state index in [2.05, 4.69) is 13.8 Å². The van der Waals surface area contributed by atoms with Crippen LogP contribution in [0.5, 0.6) is 0 Å². The first-order valence-electron chi connectivity index (χ1n) is 8.07. The molecule has 108 valence electrons. The van der Waals surface area contributed by atoms with Gasteiger partial charge in [0, 0.05) is 12.6 Å². The zero-order valence-electron chi connectivity index (χ0n) is 12.4. The van der Waals surface area contributed by atoms with Gasteiger partial charge in [0.2, 0.25) is 5.91 Å². The van der Waals surface area contributed by atoms with Gasteiger partial charge >= 0.3 is 0 Å². The topological polar surface area (TPSA) is 46.3 Å². The smallest absolute Gasteiger partial charge is 0.236 e. The van der Waals surface area contributed by atoms with E-state index in [4.69, 9.17) is 5.73 Å². The van der Waals surface area contributed by atoms with Gasteiger partial charge in [0.25, 0.3) is 0 Å². The second-order valence-corrected chi connectivity index (χ2v) is 7.34. The average Bonchev–Trinajstić information content (AvgIpc) is 2.37. The number of amides is 1. The van der Waals surface area contributed by atoms with Crippen molar-refractivity contribution >= 4 is 5.91 Å². The minimum Gasteiger partial charge on any atom is -0.339 e. The number of likely N-dealkylation sites (N-methyl/N-ethyl adjacent to an activating group) is 1. The average molecular weight is 264 g/mol. The molecule has 4 aliphatic rings. The van der Waals surface area contributed by atoms with E-state index in [9.17, 15) is 4.79 Å². The molecule has 4 aliphatic carbocycles. The third-order valence-corrected chi connectivity index (χ3v) is 6.28. The van der Waals surface area contributed by atoms with Crippen molar-refractivity contribution in [1.82, 2.24) is 4.90 Å². The number of rotatable bonds is 4. The fraction of sp³-hybridized carbons (Fsp3) is 0.938. The molecule has 4 rings (SSSR count). The Labute approximate surface area is 116 Å². The summed E-state index contributed by atoms with van der Waals surface area (Å²) in [6.07, 6.45) is 8.45. The molecule has 1 atom stereocenters. The minimum atomic E-state index is 0.130. The van der Waals surface area contributed by atoms with Crippen molar-refractivity contribution in [3.8, 4) is 0 Å². The Balaban J connectivity index is 1.82. The lowest BCUT2D eigenvalue weighted by Gasteiger charge is -2.60. The highest BCUT2D eigenvalue weighted by Gasteiger charge is 2.54. The van der Waals surface area contributed by atoms with Gasteiger partial charge in [-0.2, -0.15) is 0 Å². The molecular weight excluding hydrogens is 236 g/mol. The molecule has 1 unspecified atom stereocenters. The first kappa shape index (κ1) is 13.4. The van der Waals surface area contributed by atoms with Crippen LogP contribution < -0.4 is 5.73 Å². The highest BCUT2D eigenvalue weighted by atomic mass is 16.2. The van der Waals surface area contributed by atoms with Crippen LogP contribution in [-0.4, -0.2) is 29.9 Å². The summed E-state index contributed by atoms with van der Waals surface area (Å²) in [7, 11) is 0. The van der Waals surface area contributed by atoms with Crippen LogP contribution in [0.2, 0.25) is 0 Å². The predicted molar refractivity (Wildman–Crippen MR) is 76.5 cm³/mol. The highest BCUT2D eigenvalue weighted by Crippen LogP contribution is 2.61. The first-order chi connectivity index (χ1) is 9.08. The minimum absolute atomic E-state index is 0.130. The predicted octanol–water partition coefficient (Wildman–Crippen LogP) is 2.40. The van der Waals surface area contributed by atoms with E-state index in [1.165, 1.54) is 38.5 Å². The summed E-state index contributed by atoms with van der Waals surface area (Å²) < 4.78 is 0. The lowest BCUT2D eigenvalue weighted by Crippen LogP contribution is -2.57. The fourth-order valence-electron chi connectivity index (χ4n) is 5.80. The van der Waals surface area contributed by atoms with Crippen LogP contribution in [0, 0.1) is 23.2 Å². The maximum absolute atomic E-state index is 12.1. The van der Waals surface area contributed by atoms with Crippen LogP contribution in [0.1, 0.15) is 52.4 Å². The molecule has 2 N–H and O–H groups in total. The van der Waals surface area contributed by atoms with Gasteiger partial charge in [-0.3, -0.25) is 4.79 Å². The van der Waals surface area contributed by atoms with Crippen LogP contribution in [0.25, 0.3) is 0 Å². The van der Waals surface area contributed by atoms with Gasteiger partial charge in [0.1, 0.15) is 0 Å². The van der Waals surface area contributed by atoms with E-state index in [-0.39, 0.29) is 12.5 Å². The molecule has 4 saturated carbocycles. The molecule has 0 aromatic heterocycles. The van der Waals surface area contributed by atoms with Crippen LogP contribution in [0.4, 0.5) is 0 Å². The maximum Gasteiger partial charge on any atom is 0.236 e. The summed E-state index contributed by atoms with van der Waals surface area (Å²) >= 11 is 0. The van der Waals surface area contributed by atoms with Crippen LogP contribution in [0.3, 0.4) is 0 Å². The number of nitrogens with two attached hydrogens (primary N) is 1. The Hall–Kier alpha value is -0.570. The lowest BCUT2D eigenvalue weighted by molar-refractivity contribution is -0.143. The quantitative estimate of drug-likeness (QED) is 0.847. The van der Waals surface area contributed by atoms with E-state index < -0.39 is 0 Å². The fourth-order valence-corrected chi connectivity index (χ4v) is 5.80. The third-order valence-electron chi connectivity index (χ3n) is 6.28. The molecule has 0 aromatic rings. The highest BCUT2D eigenvalue weighted by molar-refractivity contribution is 5.78. The van der Waals surface area contributed by atoms with E-state index in [0.29, 0.717) is 11.5 Å². The molecule has 0 aromatic carbocycles. The summed E-state index contributed by atoms with van der Waals surface area (Å²) in [4.78, 5) is 14.1. The molecule has 3 nitrogen and oxygen atoms in total. The zero-order valence-corrected chi connectivity index (χ0v) is 12.4. The molecule has 0 radical (unpaired) electrons. The van der Waals surface area contributed by atoms with Gasteiger partial charge in [0.05, 0.1) is 6.54 Å². The Morgan fingerprint density at radius 2 is 1.68 bits per heavy atom. The SMILES string of the molecule is CCN(C(=O)CN)C(C)C12CC3CC(CC(C3)C1)C2. The normalized spacial score (nSPS) is 41.3. The summed E-state index contributed by atoms with van der Waals surface area (Å²) in [6.45, 7) is 5.33.